The molecule has 0 aromatic carbocycles. The monoisotopic (exact) mass is 309 g/mol. The molecule has 3 rings (SSSR count). The van der Waals surface area contributed by atoms with E-state index in [1.165, 1.54) is 0 Å². The highest BCUT2D eigenvalue weighted by Crippen LogP contribution is 2.19. The predicted molar refractivity (Wildman–Crippen MR) is 71.6 cm³/mol. The molecular weight excluding hydrogens is 296 g/mol. The van der Waals surface area contributed by atoms with Crippen molar-refractivity contribution in [2.75, 3.05) is 18.5 Å². The van der Waals surface area contributed by atoms with Crippen LogP contribution in [0, 0.1) is 0 Å². The number of alkyl halides is 2. The van der Waals surface area contributed by atoms with Crippen LogP contribution in [-0.4, -0.2) is 54.0 Å². The zero-order chi connectivity index (χ0) is 15.7. The highest BCUT2D eigenvalue weighted by Gasteiger charge is 2.19. The van der Waals surface area contributed by atoms with Crippen molar-refractivity contribution in [2.24, 2.45) is 0 Å². The maximum absolute atomic E-state index is 12.9. The third kappa shape index (κ3) is 2.56. The second kappa shape index (κ2) is 5.58. The summed E-state index contributed by atoms with van der Waals surface area (Å²) in [4.78, 5) is 1.82. The Morgan fingerprint density at radius 3 is 2.77 bits per heavy atom. The second-order valence-electron chi connectivity index (χ2n) is 4.87. The van der Waals surface area contributed by atoms with Gasteiger partial charge < -0.3 is 4.90 Å². The van der Waals surface area contributed by atoms with Crippen LogP contribution in [0.4, 0.5) is 14.6 Å². The molecule has 0 aliphatic rings. The van der Waals surface area contributed by atoms with Crippen LogP contribution in [0.15, 0.2) is 12.1 Å². The molecule has 0 saturated carbocycles. The lowest BCUT2D eigenvalue weighted by molar-refractivity contribution is 0.137. The molecule has 0 aliphatic heterocycles. The van der Waals surface area contributed by atoms with Crippen LogP contribution in [0.5, 0.6) is 0 Å². The fourth-order valence-electron chi connectivity index (χ4n) is 2.10. The smallest absolute Gasteiger partial charge is 0.299 e. The van der Waals surface area contributed by atoms with E-state index in [1.807, 2.05) is 11.8 Å². The Balaban J connectivity index is 1.84. The molecule has 3 heterocycles. The summed E-state index contributed by atoms with van der Waals surface area (Å²) in [6, 6.07) is 3.29. The average Bonchev–Trinajstić information content (AvgIpc) is 3.15. The maximum atomic E-state index is 12.9. The highest BCUT2D eigenvalue weighted by atomic mass is 19.3. The van der Waals surface area contributed by atoms with Gasteiger partial charge in [0.25, 0.3) is 6.43 Å². The second-order valence-corrected chi connectivity index (χ2v) is 4.87. The number of anilines is 1. The van der Waals surface area contributed by atoms with Gasteiger partial charge in [-0.1, -0.05) is 12.1 Å². The lowest BCUT2D eigenvalue weighted by Crippen LogP contribution is -2.25. The summed E-state index contributed by atoms with van der Waals surface area (Å²) in [7, 11) is 1.80. The number of hydrogen-bond acceptors (Lipinski definition) is 7. The Labute approximate surface area is 123 Å². The number of halogens is 2. The molecule has 0 amide bonds. The van der Waals surface area contributed by atoms with Crippen molar-refractivity contribution in [1.29, 1.82) is 0 Å². The number of tetrazole rings is 1. The third-order valence-electron chi connectivity index (χ3n) is 3.21. The van der Waals surface area contributed by atoms with Crippen molar-refractivity contribution in [2.45, 2.75) is 19.3 Å². The van der Waals surface area contributed by atoms with Crippen molar-refractivity contribution in [3.63, 3.8) is 0 Å². The minimum atomic E-state index is -2.73. The van der Waals surface area contributed by atoms with Crippen LogP contribution in [0.1, 0.15) is 30.9 Å². The molecule has 1 N–H and O–H groups in total. The molecule has 0 saturated heterocycles. The van der Waals surface area contributed by atoms with Gasteiger partial charge in [-0.15, -0.1) is 25.5 Å². The van der Waals surface area contributed by atoms with Gasteiger partial charge in [0, 0.05) is 19.5 Å². The molecule has 0 radical (unpaired) electrons. The number of nitrogens with zero attached hydrogens (tertiary/aromatic N) is 8. The summed E-state index contributed by atoms with van der Waals surface area (Å²) in [6.07, 6.45) is -2.73. The predicted octanol–water partition coefficient (Wildman–Crippen LogP) is 0.815. The fourth-order valence-corrected chi connectivity index (χ4v) is 2.10. The molecule has 0 aliphatic carbocycles. The number of rotatable bonds is 5. The summed E-state index contributed by atoms with van der Waals surface area (Å²) in [5.41, 5.74) is 0.277. The topological polar surface area (TPSA) is 101 Å². The van der Waals surface area contributed by atoms with Crippen LogP contribution in [0.2, 0.25) is 0 Å². The lowest BCUT2D eigenvalue weighted by atomic mass is 10.1. The number of likely N-dealkylation sites (N-methyl/N-ethyl adjacent to an activating group) is 1. The quantitative estimate of drug-likeness (QED) is 0.744. The van der Waals surface area contributed by atoms with Gasteiger partial charge in [0.2, 0.25) is 5.82 Å². The zero-order valence-electron chi connectivity index (χ0n) is 11.9. The number of fused-ring (bicyclic) bond motifs is 1. The summed E-state index contributed by atoms with van der Waals surface area (Å²) in [6.45, 7) is 2.48. The van der Waals surface area contributed by atoms with Crippen LogP contribution in [0.25, 0.3) is 5.65 Å². The normalized spacial score (nSPS) is 13.0. The first-order chi connectivity index (χ1) is 10.6. The van der Waals surface area contributed by atoms with Crippen LogP contribution < -0.4 is 4.90 Å². The van der Waals surface area contributed by atoms with E-state index < -0.39 is 12.2 Å². The lowest BCUT2D eigenvalue weighted by Gasteiger charge is -2.20. The van der Waals surface area contributed by atoms with Gasteiger partial charge in [-0.25, -0.2) is 8.78 Å². The molecule has 22 heavy (non-hydrogen) atoms. The molecule has 9 nitrogen and oxygen atoms in total. The largest absolute Gasteiger partial charge is 0.358 e. The van der Waals surface area contributed by atoms with Gasteiger partial charge in [-0.3, -0.25) is 0 Å². The summed E-state index contributed by atoms with van der Waals surface area (Å²) in [5.74, 6) is 0.614. The fraction of sp³-hybridized carbons (Fsp3) is 0.455. The summed E-state index contributed by atoms with van der Waals surface area (Å²) in [5, 5.41) is 25.0. The highest BCUT2D eigenvalue weighted by molar-refractivity contribution is 5.45. The number of aromatic nitrogens is 8. The zero-order valence-corrected chi connectivity index (χ0v) is 11.9. The van der Waals surface area contributed by atoms with E-state index >= 15 is 0 Å². The van der Waals surface area contributed by atoms with Crippen molar-refractivity contribution >= 4 is 11.5 Å². The van der Waals surface area contributed by atoms with Gasteiger partial charge in [0.1, 0.15) is 5.82 Å². The first-order valence-electron chi connectivity index (χ1n) is 6.51. The van der Waals surface area contributed by atoms with E-state index in [0.717, 1.165) is 4.52 Å². The Morgan fingerprint density at radius 1 is 1.27 bits per heavy atom. The van der Waals surface area contributed by atoms with E-state index in [1.54, 1.807) is 19.2 Å². The molecule has 1 atom stereocenters. The molecule has 116 valence electrons. The first kappa shape index (κ1) is 14.2. The molecule has 0 spiro atoms. The van der Waals surface area contributed by atoms with Gasteiger partial charge in [0.05, 0.1) is 0 Å². The Bertz CT molecular complexity index is 754. The number of nitrogens with one attached hydrogen (secondary N) is 1. The number of hydrogen-bond donors (Lipinski definition) is 1. The minimum Gasteiger partial charge on any atom is -0.358 e. The Morgan fingerprint density at radius 2 is 2.09 bits per heavy atom. The molecule has 3 aromatic heterocycles. The molecule has 0 bridgehead atoms. The minimum absolute atomic E-state index is 0.00303. The third-order valence-corrected chi connectivity index (χ3v) is 3.21. The molecule has 0 unspecified atom stereocenters. The van der Waals surface area contributed by atoms with Gasteiger partial charge in [-0.2, -0.15) is 9.73 Å². The van der Waals surface area contributed by atoms with E-state index in [9.17, 15) is 8.78 Å². The molecule has 11 heteroatoms. The van der Waals surface area contributed by atoms with Gasteiger partial charge >= 0.3 is 0 Å². The molecule has 3 aromatic rings. The molecular formula is C11H13F2N9. The van der Waals surface area contributed by atoms with Crippen molar-refractivity contribution in [1.82, 2.24) is 40.4 Å². The first-order valence-corrected chi connectivity index (χ1v) is 6.51. The summed E-state index contributed by atoms with van der Waals surface area (Å²) < 4.78 is 26.8. The molecule has 0 fully saturated rings. The van der Waals surface area contributed by atoms with Gasteiger partial charge in [0.15, 0.2) is 11.5 Å². The summed E-state index contributed by atoms with van der Waals surface area (Å²) >= 11 is 0. The van der Waals surface area contributed by atoms with E-state index in [0.29, 0.717) is 18.2 Å². The van der Waals surface area contributed by atoms with E-state index in [-0.39, 0.29) is 11.6 Å². The maximum Gasteiger partial charge on any atom is 0.299 e. The van der Waals surface area contributed by atoms with Crippen LogP contribution >= 0.6 is 0 Å². The Hall–Kier alpha value is -2.72. The number of aromatic amines is 1. The van der Waals surface area contributed by atoms with Crippen molar-refractivity contribution < 1.29 is 8.78 Å². The van der Waals surface area contributed by atoms with Crippen LogP contribution in [0.3, 0.4) is 0 Å². The van der Waals surface area contributed by atoms with E-state index in [2.05, 4.69) is 35.9 Å². The van der Waals surface area contributed by atoms with Gasteiger partial charge in [-0.05, 0) is 12.1 Å². The Kier molecular flexibility index (Phi) is 3.61. The SMILES string of the molecule is C[C@H](CN(C)c1ccc2nnc(C(F)F)n2n1)c1nn[nH]n1. The van der Waals surface area contributed by atoms with Crippen LogP contribution in [-0.2, 0) is 0 Å². The standard InChI is InChI=1S/C11H13F2N9/c1-6(10-15-19-20-16-10)5-21(2)8-4-3-7-14-17-11(9(12)13)22(7)18-8/h3-4,6,9H,5H2,1-2H3,(H,15,16,19,20)/t6-/m1/s1. The van der Waals surface area contributed by atoms with E-state index in [4.69, 9.17) is 0 Å². The average molecular weight is 309 g/mol. The van der Waals surface area contributed by atoms with Crippen molar-refractivity contribution in [3.05, 3.63) is 23.8 Å². The van der Waals surface area contributed by atoms with Crippen molar-refractivity contribution in [3.8, 4) is 0 Å². The number of H-pyrrole nitrogens is 1.